The van der Waals surface area contributed by atoms with Crippen LogP contribution in [0.3, 0.4) is 0 Å². The number of hydrogen-bond donors (Lipinski definition) is 0. The minimum Gasteiger partial charge on any atom is -0.378 e. The van der Waals surface area contributed by atoms with Gasteiger partial charge in [0.1, 0.15) is 0 Å². The summed E-state index contributed by atoms with van der Waals surface area (Å²) in [6.07, 6.45) is 0. The Kier molecular flexibility index (Phi) is 6.10. The molecule has 1 unspecified atom stereocenters. The van der Waals surface area contributed by atoms with Gasteiger partial charge in [0.2, 0.25) is 11.8 Å². The van der Waals surface area contributed by atoms with E-state index in [4.69, 9.17) is 9.26 Å². The maximum absolute atomic E-state index is 5.50. The second-order valence-corrected chi connectivity index (χ2v) is 9.66. The van der Waals surface area contributed by atoms with Crippen molar-refractivity contribution in [2.75, 3.05) is 31.2 Å². The Hall–Kier alpha value is -1.61. The van der Waals surface area contributed by atoms with Gasteiger partial charge in [-0.05, 0) is 12.8 Å². The van der Waals surface area contributed by atoms with Crippen molar-refractivity contribution in [2.45, 2.75) is 63.9 Å². The topological polar surface area (TPSA) is 82.1 Å². The molecule has 0 amide bonds. The largest absolute Gasteiger partial charge is 0.378 e. The van der Waals surface area contributed by atoms with Gasteiger partial charge in [-0.15, -0.1) is 10.2 Å². The van der Waals surface area contributed by atoms with Gasteiger partial charge in [-0.25, -0.2) is 0 Å². The molecule has 2 aromatic rings. The Morgan fingerprint density at radius 1 is 1.11 bits per heavy atom. The molecule has 1 aliphatic rings. The molecular weight excluding hydrogens is 364 g/mol. The summed E-state index contributed by atoms with van der Waals surface area (Å²) in [5, 5.41) is 14.0. The maximum atomic E-state index is 5.50. The molecule has 0 saturated carbocycles. The second-order valence-electron chi connectivity index (χ2n) is 8.35. The Morgan fingerprint density at radius 3 is 2.41 bits per heavy atom. The molecule has 0 radical (unpaired) electrons. The highest BCUT2D eigenvalue weighted by atomic mass is 32.2. The molecule has 27 heavy (non-hydrogen) atoms. The minimum atomic E-state index is -0.132. The molecule has 1 aliphatic heterocycles. The van der Waals surface area contributed by atoms with Gasteiger partial charge in [-0.3, -0.25) is 4.57 Å². The van der Waals surface area contributed by atoms with Gasteiger partial charge in [-0.1, -0.05) is 51.5 Å². The first kappa shape index (κ1) is 20.1. The molecule has 2 aromatic heterocycles. The molecule has 0 bridgehead atoms. The van der Waals surface area contributed by atoms with Gasteiger partial charge >= 0.3 is 0 Å². The van der Waals surface area contributed by atoms with Gasteiger partial charge in [0, 0.05) is 25.0 Å². The zero-order chi connectivity index (χ0) is 19.6. The van der Waals surface area contributed by atoms with Gasteiger partial charge in [0.15, 0.2) is 11.0 Å². The van der Waals surface area contributed by atoms with Crippen LogP contribution < -0.4 is 4.90 Å². The SMILES string of the molecule is CC(C)Cn1c(SC(C)c2nc(C(C)(C)C)no2)nnc1N1CCOCC1. The second kappa shape index (κ2) is 8.18. The molecule has 0 aliphatic carbocycles. The maximum Gasteiger partial charge on any atom is 0.239 e. The van der Waals surface area contributed by atoms with Crippen LogP contribution >= 0.6 is 11.8 Å². The molecule has 8 nitrogen and oxygen atoms in total. The summed E-state index contributed by atoms with van der Waals surface area (Å²) in [6, 6.07) is 0. The van der Waals surface area contributed by atoms with E-state index >= 15 is 0 Å². The van der Waals surface area contributed by atoms with E-state index in [-0.39, 0.29) is 10.7 Å². The van der Waals surface area contributed by atoms with Crippen molar-refractivity contribution in [2.24, 2.45) is 5.92 Å². The van der Waals surface area contributed by atoms with Crippen LogP contribution in [0.5, 0.6) is 0 Å². The number of thioether (sulfide) groups is 1. The fraction of sp³-hybridized carbons (Fsp3) is 0.778. The van der Waals surface area contributed by atoms with Crippen LogP contribution in [0, 0.1) is 5.92 Å². The van der Waals surface area contributed by atoms with E-state index < -0.39 is 0 Å². The first-order valence-corrected chi connectivity index (χ1v) is 10.4. The van der Waals surface area contributed by atoms with E-state index in [1.54, 1.807) is 11.8 Å². The zero-order valence-electron chi connectivity index (χ0n) is 17.1. The van der Waals surface area contributed by atoms with Crippen molar-refractivity contribution >= 4 is 17.7 Å². The van der Waals surface area contributed by atoms with Crippen molar-refractivity contribution in [1.82, 2.24) is 24.9 Å². The lowest BCUT2D eigenvalue weighted by Gasteiger charge is -2.28. The third-order valence-electron chi connectivity index (χ3n) is 4.28. The van der Waals surface area contributed by atoms with Gasteiger partial charge in [-0.2, -0.15) is 4.98 Å². The Bertz CT molecular complexity index is 745. The van der Waals surface area contributed by atoms with E-state index in [9.17, 15) is 0 Å². The molecule has 3 rings (SSSR count). The molecule has 1 fully saturated rings. The van der Waals surface area contributed by atoms with Crippen molar-refractivity contribution in [1.29, 1.82) is 0 Å². The Morgan fingerprint density at radius 2 is 1.81 bits per heavy atom. The zero-order valence-corrected chi connectivity index (χ0v) is 17.9. The van der Waals surface area contributed by atoms with E-state index in [1.807, 2.05) is 0 Å². The van der Waals surface area contributed by atoms with Gasteiger partial charge < -0.3 is 14.2 Å². The van der Waals surface area contributed by atoms with Crippen molar-refractivity contribution in [3.8, 4) is 0 Å². The molecule has 0 N–H and O–H groups in total. The summed E-state index contributed by atoms with van der Waals surface area (Å²) in [4.78, 5) is 6.83. The van der Waals surface area contributed by atoms with Crippen LogP contribution in [-0.2, 0) is 16.7 Å². The Labute approximate surface area is 165 Å². The predicted octanol–water partition coefficient (Wildman–Crippen LogP) is 3.30. The fourth-order valence-corrected chi connectivity index (χ4v) is 3.69. The smallest absolute Gasteiger partial charge is 0.239 e. The lowest BCUT2D eigenvalue weighted by molar-refractivity contribution is 0.121. The molecule has 1 saturated heterocycles. The van der Waals surface area contributed by atoms with Crippen LogP contribution in [0.25, 0.3) is 0 Å². The van der Waals surface area contributed by atoms with Crippen LogP contribution in [-0.4, -0.2) is 51.2 Å². The average molecular weight is 395 g/mol. The summed E-state index contributed by atoms with van der Waals surface area (Å²) >= 11 is 1.61. The van der Waals surface area contributed by atoms with Gasteiger partial charge in [0.05, 0.1) is 18.5 Å². The third-order valence-corrected chi connectivity index (χ3v) is 5.35. The lowest BCUT2D eigenvalue weighted by Crippen LogP contribution is -2.38. The van der Waals surface area contributed by atoms with Crippen LogP contribution in [0.1, 0.15) is 58.5 Å². The van der Waals surface area contributed by atoms with E-state index in [1.165, 1.54) is 0 Å². The van der Waals surface area contributed by atoms with Crippen LogP contribution in [0.15, 0.2) is 9.68 Å². The predicted molar refractivity (Wildman–Crippen MR) is 105 cm³/mol. The monoisotopic (exact) mass is 394 g/mol. The number of aromatic nitrogens is 5. The average Bonchev–Trinajstić information content (AvgIpc) is 3.23. The molecule has 150 valence electrons. The lowest BCUT2D eigenvalue weighted by atomic mass is 9.96. The normalized spacial score (nSPS) is 16.9. The van der Waals surface area contributed by atoms with Crippen molar-refractivity contribution < 1.29 is 9.26 Å². The van der Waals surface area contributed by atoms with E-state index in [2.05, 4.69) is 71.3 Å². The van der Waals surface area contributed by atoms with Gasteiger partial charge in [0.25, 0.3) is 0 Å². The molecule has 1 atom stereocenters. The highest BCUT2D eigenvalue weighted by Crippen LogP contribution is 2.35. The molecular formula is C18H30N6O2S. The van der Waals surface area contributed by atoms with Crippen LogP contribution in [0.4, 0.5) is 5.95 Å². The third kappa shape index (κ3) is 4.82. The number of rotatable bonds is 6. The fourth-order valence-electron chi connectivity index (χ4n) is 2.80. The number of nitrogens with zero attached hydrogens (tertiary/aromatic N) is 6. The summed E-state index contributed by atoms with van der Waals surface area (Å²) in [5.41, 5.74) is -0.132. The molecule has 3 heterocycles. The number of ether oxygens (including phenoxy) is 1. The van der Waals surface area contributed by atoms with Crippen LogP contribution in [0.2, 0.25) is 0 Å². The highest BCUT2D eigenvalue weighted by Gasteiger charge is 2.26. The van der Waals surface area contributed by atoms with E-state index in [0.29, 0.717) is 11.8 Å². The quantitative estimate of drug-likeness (QED) is 0.690. The molecule has 0 aromatic carbocycles. The summed E-state index contributed by atoms with van der Waals surface area (Å²) in [5.74, 6) is 2.76. The molecule has 9 heteroatoms. The van der Waals surface area contributed by atoms with Crippen molar-refractivity contribution in [3.63, 3.8) is 0 Å². The number of hydrogen-bond acceptors (Lipinski definition) is 8. The van der Waals surface area contributed by atoms with E-state index in [0.717, 1.165) is 49.8 Å². The number of morpholine rings is 1. The highest BCUT2D eigenvalue weighted by molar-refractivity contribution is 7.99. The number of anilines is 1. The summed E-state index contributed by atoms with van der Waals surface area (Å²) in [6.45, 7) is 16.7. The Balaban J connectivity index is 1.80. The first-order chi connectivity index (χ1) is 12.8. The van der Waals surface area contributed by atoms with Crippen molar-refractivity contribution in [3.05, 3.63) is 11.7 Å². The first-order valence-electron chi connectivity index (χ1n) is 9.52. The standard InChI is InChI=1S/C18H30N6O2S/c1-12(2)11-24-16(23-7-9-25-10-8-23)20-21-17(24)27-13(3)14-19-15(22-26-14)18(4,5)6/h12-13H,7-11H2,1-6H3. The minimum absolute atomic E-state index is 0.00116. The molecule has 0 spiro atoms. The summed E-state index contributed by atoms with van der Waals surface area (Å²) < 4.78 is 13.2. The summed E-state index contributed by atoms with van der Waals surface area (Å²) in [7, 11) is 0.